The lowest BCUT2D eigenvalue weighted by atomic mass is 10.0. The highest BCUT2D eigenvalue weighted by atomic mass is 35.5. The molecule has 0 radical (unpaired) electrons. The zero-order valence-corrected chi connectivity index (χ0v) is 9.39. The van der Waals surface area contributed by atoms with Crippen molar-refractivity contribution in [1.29, 1.82) is 0 Å². The molecular weight excluding hydrogens is 259 g/mol. The van der Waals surface area contributed by atoms with Crippen LogP contribution in [0.25, 0.3) is 0 Å². The average Bonchev–Trinajstić information content (AvgIpc) is 2.17. The Kier molecular flexibility index (Phi) is 5.44. The molecule has 0 spiro atoms. The highest BCUT2D eigenvalue weighted by molar-refractivity contribution is 5.85. The summed E-state index contributed by atoms with van der Waals surface area (Å²) in [6, 6.07) is 3.17. The molecule has 0 saturated heterocycles. The van der Waals surface area contributed by atoms with E-state index in [1.54, 1.807) is 0 Å². The monoisotopic (exact) mass is 269 g/mol. The van der Waals surface area contributed by atoms with E-state index in [9.17, 15) is 18.0 Å². The van der Waals surface area contributed by atoms with Crippen molar-refractivity contribution in [3.8, 4) is 0 Å². The molecular formula is C10H11ClF3NO2. The van der Waals surface area contributed by atoms with Gasteiger partial charge in [0.15, 0.2) is 0 Å². The van der Waals surface area contributed by atoms with Gasteiger partial charge in [-0.2, -0.15) is 13.2 Å². The van der Waals surface area contributed by atoms with Gasteiger partial charge in [-0.15, -0.1) is 12.4 Å². The third-order valence-electron chi connectivity index (χ3n) is 2.05. The standard InChI is InChI=1S/C10H10F3NO2.ClH/c11-10(12,13)7-3-1-6(2-4-7)5-8(14)9(15)16;/h1-4,8H,5,14H2,(H,15,16);1H. The summed E-state index contributed by atoms with van der Waals surface area (Å²) >= 11 is 0. The molecule has 1 aromatic rings. The molecule has 0 bridgehead atoms. The van der Waals surface area contributed by atoms with Crippen LogP contribution in [-0.4, -0.2) is 17.1 Å². The highest BCUT2D eigenvalue weighted by Crippen LogP contribution is 2.29. The third-order valence-corrected chi connectivity index (χ3v) is 2.05. The normalized spacial score (nSPS) is 12.7. The minimum absolute atomic E-state index is 0. The molecule has 96 valence electrons. The fourth-order valence-corrected chi connectivity index (χ4v) is 1.17. The van der Waals surface area contributed by atoms with Gasteiger partial charge in [0, 0.05) is 0 Å². The van der Waals surface area contributed by atoms with Gasteiger partial charge in [0.05, 0.1) is 5.56 Å². The maximum absolute atomic E-state index is 12.2. The van der Waals surface area contributed by atoms with Crippen molar-refractivity contribution >= 4 is 18.4 Å². The van der Waals surface area contributed by atoms with Crippen molar-refractivity contribution in [2.75, 3.05) is 0 Å². The number of carboxylic acid groups (broad SMARTS) is 1. The number of hydrogen-bond donors (Lipinski definition) is 2. The van der Waals surface area contributed by atoms with Gasteiger partial charge in [0.25, 0.3) is 0 Å². The maximum Gasteiger partial charge on any atom is 0.416 e. The molecule has 0 amide bonds. The van der Waals surface area contributed by atoms with Gasteiger partial charge >= 0.3 is 12.1 Å². The molecule has 7 heteroatoms. The average molecular weight is 270 g/mol. The van der Waals surface area contributed by atoms with Gasteiger partial charge in [0.2, 0.25) is 0 Å². The number of benzene rings is 1. The predicted molar refractivity (Wildman–Crippen MR) is 58.0 cm³/mol. The van der Waals surface area contributed by atoms with Gasteiger partial charge in [-0.3, -0.25) is 4.79 Å². The fourth-order valence-electron chi connectivity index (χ4n) is 1.17. The molecule has 1 rings (SSSR count). The first-order valence-electron chi connectivity index (χ1n) is 4.45. The first-order chi connectivity index (χ1) is 7.30. The third kappa shape index (κ3) is 4.62. The molecule has 17 heavy (non-hydrogen) atoms. The highest BCUT2D eigenvalue weighted by Gasteiger charge is 2.30. The van der Waals surface area contributed by atoms with E-state index in [2.05, 4.69) is 0 Å². The Hall–Kier alpha value is -1.27. The number of alkyl halides is 3. The Bertz CT molecular complexity index is 378. The van der Waals surface area contributed by atoms with Crippen LogP contribution in [0.15, 0.2) is 24.3 Å². The van der Waals surface area contributed by atoms with E-state index < -0.39 is 23.8 Å². The summed E-state index contributed by atoms with van der Waals surface area (Å²) in [5, 5.41) is 8.52. The zero-order chi connectivity index (χ0) is 12.3. The van der Waals surface area contributed by atoms with E-state index >= 15 is 0 Å². The molecule has 1 unspecified atom stereocenters. The SMILES string of the molecule is Cl.NC(Cc1ccc(C(F)(F)F)cc1)C(=O)O. The predicted octanol–water partition coefficient (Wildman–Crippen LogP) is 2.08. The lowest BCUT2D eigenvalue weighted by molar-refractivity contribution is -0.139. The van der Waals surface area contributed by atoms with Crippen LogP contribution in [0, 0.1) is 0 Å². The Morgan fingerprint density at radius 1 is 1.29 bits per heavy atom. The molecule has 0 aliphatic heterocycles. The second-order valence-electron chi connectivity index (χ2n) is 3.34. The van der Waals surface area contributed by atoms with E-state index in [0.29, 0.717) is 5.56 Å². The lowest BCUT2D eigenvalue weighted by Gasteiger charge is -2.09. The summed E-state index contributed by atoms with van der Waals surface area (Å²) in [6.07, 6.45) is -4.37. The first kappa shape index (κ1) is 15.7. The van der Waals surface area contributed by atoms with Crippen molar-refractivity contribution in [2.45, 2.75) is 18.6 Å². The Labute approximate surface area is 102 Å². The fraction of sp³-hybridized carbons (Fsp3) is 0.300. The number of hydrogen-bond acceptors (Lipinski definition) is 2. The number of carbonyl (C=O) groups is 1. The molecule has 0 aliphatic rings. The van der Waals surface area contributed by atoms with E-state index in [1.165, 1.54) is 12.1 Å². The summed E-state index contributed by atoms with van der Waals surface area (Å²) in [6.45, 7) is 0. The van der Waals surface area contributed by atoms with E-state index in [1.807, 2.05) is 0 Å². The first-order valence-corrected chi connectivity index (χ1v) is 4.45. The van der Waals surface area contributed by atoms with E-state index in [4.69, 9.17) is 10.8 Å². The largest absolute Gasteiger partial charge is 0.480 e. The van der Waals surface area contributed by atoms with E-state index in [-0.39, 0.29) is 18.8 Å². The smallest absolute Gasteiger partial charge is 0.416 e. The topological polar surface area (TPSA) is 63.3 Å². The summed E-state index contributed by atoms with van der Waals surface area (Å²) in [5.74, 6) is -1.18. The molecule has 0 saturated carbocycles. The Balaban J connectivity index is 0.00000256. The number of carboxylic acids is 1. The van der Waals surface area contributed by atoms with Crippen LogP contribution in [0.5, 0.6) is 0 Å². The van der Waals surface area contributed by atoms with Gasteiger partial charge in [-0.1, -0.05) is 12.1 Å². The Morgan fingerprint density at radius 3 is 2.12 bits per heavy atom. The summed E-state index contributed by atoms with van der Waals surface area (Å²) in [7, 11) is 0. The number of halogens is 4. The van der Waals surface area contributed by atoms with Crippen LogP contribution in [0.3, 0.4) is 0 Å². The summed E-state index contributed by atoms with van der Waals surface area (Å²) in [5.41, 5.74) is 4.95. The molecule has 3 N–H and O–H groups in total. The number of aliphatic carboxylic acids is 1. The van der Waals surface area contributed by atoms with Crippen molar-refractivity contribution < 1.29 is 23.1 Å². The molecule has 1 aromatic carbocycles. The zero-order valence-electron chi connectivity index (χ0n) is 8.57. The molecule has 1 atom stereocenters. The molecule has 0 aliphatic carbocycles. The molecule has 3 nitrogen and oxygen atoms in total. The van der Waals surface area contributed by atoms with E-state index in [0.717, 1.165) is 12.1 Å². The summed E-state index contributed by atoms with van der Waals surface area (Å²) < 4.78 is 36.6. The van der Waals surface area contributed by atoms with Crippen LogP contribution in [-0.2, 0) is 17.4 Å². The molecule has 0 fully saturated rings. The van der Waals surface area contributed by atoms with Crippen LogP contribution < -0.4 is 5.73 Å². The van der Waals surface area contributed by atoms with Crippen molar-refractivity contribution in [2.24, 2.45) is 5.73 Å². The number of nitrogens with two attached hydrogens (primary N) is 1. The van der Waals surface area contributed by atoms with Gasteiger partial charge in [-0.05, 0) is 24.1 Å². The second-order valence-corrected chi connectivity index (χ2v) is 3.34. The van der Waals surface area contributed by atoms with Crippen molar-refractivity contribution in [3.63, 3.8) is 0 Å². The van der Waals surface area contributed by atoms with Crippen LogP contribution in [0.4, 0.5) is 13.2 Å². The second kappa shape index (κ2) is 5.88. The van der Waals surface area contributed by atoms with Crippen LogP contribution in [0.1, 0.15) is 11.1 Å². The minimum atomic E-state index is -4.38. The van der Waals surface area contributed by atoms with Crippen molar-refractivity contribution in [3.05, 3.63) is 35.4 Å². The quantitative estimate of drug-likeness (QED) is 0.883. The van der Waals surface area contributed by atoms with Gasteiger partial charge < -0.3 is 10.8 Å². The summed E-state index contributed by atoms with van der Waals surface area (Å²) in [4.78, 5) is 10.4. The Morgan fingerprint density at radius 2 is 1.76 bits per heavy atom. The van der Waals surface area contributed by atoms with Crippen LogP contribution in [0.2, 0.25) is 0 Å². The maximum atomic E-state index is 12.2. The number of rotatable bonds is 3. The van der Waals surface area contributed by atoms with Gasteiger partial charge in [-0.25, -0.2) is 0 Å². The van der Waals surface area contributed by atoms with Crippen LogP contribution >= 0.6 is 12.4 Å². The van der Waals surface area contributed by atoms with Gasteiger partial charge in [0.1, 0.15) is 6.04 Å². The minimum Gasteiger partial charge on any atom is -0.480 e. The molecule has 0 aromatic heterocycles. The molecule has 0 heterocycles. The van der Waals surface area contributed by atoms with Crippen molar-refractivity contribution in [1.82, 2.24) is 0 Å². The lowest BCUT2D eigenvalue weighted by Crippen LogP contribution is -2.32.